The third kappa shape index (κ3) is 4.80. The summed E-state index contributed by atoms with van der Waals surface area (Å²) in [5.41, 5.74) is 0.952. The summed E-state index contributed by atoms with van der Waals surface area (Å²) < 4.78 is 0.870. The molecule has 0 fully saturated rings. The predicted octanol–water partition coefficient (Wildman–Crippen LogP) is 3.68. The van der Waals surface area contributed by atoms with Crippen LogP contribution in [0.1, 0.15) is 38.1 Å². The normalized spacial score (nSPS) is 11.4. The van der Waals surface area contributed by atoms with E-state index in [1.54, 1.807) is 18.2 Å². The Hall–Kier alpha value is -1.07. The standard InChI is InChI=1S/C15H23BrN2O2/c1-10(2)18(11(3)4)8-7-17-14-9-12(16)5-6-13(14)15(19)20/h5-6,9-11,17H,7-8H2,1-4H3,(H,19,20). The summed E-state index contributed by atoms with van der Waals surface area (Å²) in [6.45, 7) is 10.3. The molecule has 0 aliphatic rings. The van der Waals surface area contributed by atoms with E-state index in [9.17, 15) is 9.90 Å². The van der Waals surface area contributed by atoms with Gasteiger partial charge >= 0.3 is 5.97 Å². The summed E-state index contributed by atoms with van der Waals surface area (Å²) >= 11 is 3.37. The molecule has 4 nitrogen and oxygen atoms in total. The van der Waals surface area contributed by atoms with Gasteiger partial charge in [-0.3, -0.25) is 4.90 Å². The van der Waals surface area contributed by atoms with E-state index in [0.29, 0.717) is 29.9 Å². The fraction of sp³-hybridized carbons (Fsp3) is 0.533. The van der Waals surface area contributed by atoms with E-state index in [1.807, 2.05) is 0 Å². The number of carboxylic acid groups (broad SMARTS) is 1. The Bertz CT molecular complexity index is 453. The van der Waals surface area contributed by atoms with Crippen LogP contribution < -0.4 is 5.32 Å². The second-order valence-corrected chi connectivity index (χ2v) is 6.26. The zero-order valence-electron chi connectivity index (χ0n) is 12.5. The second kappa shape index (κ2) is 7.64. The molecule has 0 aliphatic heterocycles. The van der Waals surface area contributed by atoms with Crippen LogP contribution in [0.3, 0.4) is 0 Å². The molecule has 0 atom stereocenters. The van der Waals surface area contributed by atoms with E-state index in [-0.39, 0.29) is 0 Å². The number of hydrogen-bond donors (Lipinski definition) is 2. The molecule has 1 aromatic rings. The lowest BCUT2D eigenvalue weighted by molar-refractivity contribution is 0.0698. The van der Waals surface area contributed by atoms with Crippen molar-refractivity contribution < 1.29 is 9.90 Å². The molecule has 2 N–H and O–H groups in total. The van der Waals surface area contributed by atoms with Gasteiger partial charge in [-0.25, -0.2) is 4.79 Å². The SMILES string of the molecule is CC(C)N(CCNc1cc(Br)ccc1C(=O)O)C(C)C. The van der Waals surface area contributed by atoms with Crippen molar-refractivity contribution in [3.05, 3.63) is 28.2 Å². The molecular formula is C15H23BrN2O2. The van der Waals surface area contributed by atoms with Gasteiger partial charge in [0.15, 0.2) is 0 Å². The molecule has 0 unspecified atom stereocenters. The maximum Gasteiger partial charge on any atom is 0.337 e. The lowest BCUT2D eigenvalue weighted by Gasteiger charge is -2.30. The van der Waals surface area contributed by atoms with E-state index in [1.165, 1.54) is 0 Å². The summed E-state index contributed by atoms with van der Waals surface area (Å²) in [4.78, 5) is 13.5. The zero-order chi connectivity index (χ0) is 15.3. The van der Waals surface area contributed by atoms with Crippen molar-refractivity contribution in [1.82, 2.24) is 4.90 Å². The van der Waals surface area contributed by atoms with Gasteiger partial charge in [0.05, 0.1) is 5.56 Å². The Kier molecular flexibility index (Phi) is 6.49. The molecule has 112 valence electrons. The first-order valence-electron chi connectivity index (χ1n) is 6.85. The number of carbonyl (C=O) groups is 1. The van der Waals surface area contributed by atoms with Crippen molar-refractivity contribution in [2.24, 2.45) is 0 Å². The number of halogens is 1. The summed E-state index contributed by atoms with van der Waals surface area (Å²) in [6.07, 6.45) is 0. The number of benzene rings is 1. The number of anilines is 1. The first-order chi connectivity index (χ1) is 9.32. The lowest BCUT2D eigenvalue weighted by Crippen LogP contribution is -2.40. The van der Waals surface area contributed by atoms with Crippen LogP contribution in [0.25, 0.3) is 0 Å². The molecular weight excluding hydrogens is 320 g/mol. The van der Waals surface area contributed by atoms with Crippen molar-refractivity contribution in [2.45, 2.75) is 39.8 Å². The van der Waals surface area contributed by atoms with E-state index in [2.05, 4.69) is 53.8 Å². The average Bonchev–Trinajstić information content (AvgIpc) is 2.33. The number of rotatable bonds is 7. The van der Waals surface area contributed by atoms with E-state index < -0.39 is 5.97 Å². The average molecular weight is 343 g/mol. The summed E-state index contributed by atoms with van der Waals surface area (Å²) in [5.74, 6) is -0.912. The molecule has 0 saturated carbocycles. The highest BCUT2D eigenvalue weighted by atomic mass is 79.9. The number of nitrogens with zero attached hydrogens (tertiary/aromatic N) is 1. The minimum absolute atomic E-state index is 0.300. The minimum atomic E-state index is -0.912. The highest BCUT2D eigenvalue weighted by Crippen LogP contribution is 2.21. The van der Waals surface area contributed by atoms with Crippen LogP contribution in [-0.2, 0) is 0 Å². The Morgan fingerprint density at radius 3 is 2.40 bits per heavy atom. The Morgan fingerprint density at radius 1 is 1.30 bits per heavy atom. The fourth-order valence-electron chi connectivity index (χ4n) is 2.28. The molecule has 0 amide bonds. The van der Waals surface area contributed by atoms with Crippen LogP contribution in [0.5, 0.6) is 0 Å². The molecule has 0 spiro atoms. The predicted molar refractivity (Wildman–Crippen MR) is 86.6 cm³/mol. The summed E-state index contributed by atoms with van der Waals surface area (Å²) in [5, 5.41) is 12.4. The Balaban J connectivity index is 2.70. The van der Waals surface area contributed by atoms with Gasteiger partial charge in [0.25, 0.3) is 0 Å². The first-order valence-corrected chi connectivity index (χ1v) is 7.64. The molecule has 0 aromatic heterocycles. The maximum absolute atomic E-state index is 11.2. The maximum atomic E-state index is 11.2. The van der Waals surface area contributed by atoms with Gasteiger partial charge in [-0.15, -0.1) is 0 Å². The molecule has 20 heavy (non-hydrogen) atoms. The number of aromatic carboxylic acids is 1. The molecule has 5 heteroatoms. The Morgan fingerprint density at radius 2 is 1.90 bits per heavy atom. The van der Waals surface area contributed by atoms with Crippen molar-refractivity contribution in [2.75, 3.05) is 18.4 Å². The van der Waals surface area contributed by atoms with Crippen LogP contribution in [0.4, 0.5) is 5.69 Å². The van der Waals surface area contributed by atoms with Gasteiger partial charge < -0.3 is 10.4 Å². The molecule has 0 radical (unpaired) electrons. The van der Waals surface area contributed by atoms with Gasteiger partial charge in [-0.1, -0.05) is 15.9 Å². The summed E-state index contributed by atoms with van der Waals surface area (Å²) in [7, 11) is 0. The van der Waals surface area contributed by atoms with Gasteiger partial charge in [-0.05, 0) is 45.9 Å². The van der Waals surface area contributed by atoms with E-state index >= 15 is 0 Å². The molecule has 0 aliphatic carbocycles. The molecule has 1 aromatic carbocycles. The lowest BCUT2D eigenvalue weighted by atomic mass is 10.2. The van der Waals surface area contributed by atoms with Crippen LogP contribution in [0, 0.1) is 0 Å². The monoisotopic (exact) mass is 342 g/mol. The summed E-state index contributed by atoms with van der Waals surface area (Å²) in [6, 6.07) is 6.09. The first kappa shape index (κ1) is 17.0. The van der Waals surface area contributed by atoms with Gasteiger partial charge in [0.1, 0.15) is 0 Å². The third-order valence-electron chi connectivity index (χ3n) is 3.22. The number of carboxylic acids is 1. The van der Waals surface area contributed by atoms with Crippen molar-refractivity contribution in [3.8, 4) is 0 Å². The zero-order valence-corrected chi connectivity index (χ0v) is 14.1. The topological polar surface area (TPSA) is 52.6 Å². The van der Waals surface area contributed by atoms with Crippen molar-refractivity contribution in [1.29, 1.82) is 0 Å². The van der Waals surface area contributed by atoms with Gasteiger partial charge in [0, 0.05) is 35.3 Å². The third-order valence-corrected chi connectivity index (χ3v) is 3.72. The van der Waals surface area contributed by atoms with Crippen LogP contribution >= 0.6 is 15.9 Å². The van der Waals surface area contributed by atoms with E-state index in [0.717, 1.165) is 11.0 Å². The number of hydrogen-bond acceptors (Lipinski definition) is 3. The number of nitrogens with one attached hydrogen (secondary N) is 1. The molecule has 0 bridgehead atoms. The second-order valence-electron chi connectivity index (χ2n) is 5.35. The van der Waals surface area contributed by atoms with Crippen LogP contribution in [-0.4, -0.2) is 41.1 Å². The van der Waals surface area contributed by atoms with Crippen molar-refractivity contribution in [3.63, 3.8) is 0 Å². The van der Waals surface area contributed by atoms with Crippen LogP contribution in [0.2, 0.25) is 0 Å². The minimum Gasteiger partial charge on any atom is -0.478 e. The van der Waals surface area contributed by atoms with Crippen LogP contribution in [0.15, 0.2) is 22.7 Å². The van der Waals surface area contributed by atoms with Crippen molar-refractivity contribution >= 4 is 27.6 Å². The van der Waals surface area contributed by atoms with Gasteiger partial charge in [-0.2, -0.15) is 0 Å². The highest BCUT2D eigenvalue weighted by molar-refractivity contribution is 9.10. The van der Waals surface area contributed by atoms with E-state index in [4.69, 9.17) is 0 Å². The largest absolute Gasteiger partial charge is 0.478 e. The fourth-order valence-corrected chi connectivity index (χ4v) is 2.64. The van der Waals surface area contributed by atoms with Gasteiger partial charge in [0.2, 0.25) is 0 Å². The Labute approximate surface area is 129 Å². The molecule has 0 saturated heterocycles. The highest BCUT2D eigenvalue weighted by Gasteiger charge is 2.14. The molecule has 0 heterocycles. The molecule has 1 rings (SSSR count). The quantitative estimate of drug-likeness (QED) is 0.793. The smallest absolute Gasteiger partial charge is 0.337 e.